The van der Waals surface area contributed by atoms with Gasteiger partial charge < -0.3 is 4.74 Å². The number of unbranched alkanes of at least 4 members (excludes halogenated alkanes) is 14. The van der Waals surface area contributed by atoms with Gasteiger partial charge in [0.25, 0.3) is 0 Å². The predicted octanol–water partition coefficient (Wildman–Crippen LogP) is 7.16. The van der Waals surface area contributed by atoms with E-state index in [1.54, 1.807) is 0 Å². The molecule has 0 bridgehead atoms. The SMILES string of the molecule is CCCCCCCCCCOC(=O)CC(=O)CCCCCCCCCC. The van der Waals surface area contributed by atoms with Crippen molar-refractivity contribution in [2.24, 2.45) is 0 Å². The van der Waals surface area contributed by atoms with Crippen LogP contribution in [0.2, 0.25) is 0 Å². The summed E-state index contributed by atoms with van der Waals surface area (Å²) in [6.07, 6.45) is 20.1. The van der Waals surface area contributed by atoms with Gasteiger partial charge in [0.05, 0.1) is 6.61 Å². The van der Waals surface area contributed by atoms with Crippen LogP contribution in [0.5, 0.6) is 0 Å². The molecule has 0 aliphatic rings. The first-order valence-electron chi connectivity index (χ1n) is 11.4. The standard InChI is InChI=1S/C23H44O3/c1-3-5-7-9-11-13-15-17-19-22(24)21-23(25)26-20-18-16-14-12-10-8-6-4-2/h3-21H2,1-2H3. The summed E-state index contributed by atoms with van der Waals surface area (Å²) in [5.74, 6) is -0.297. The molecule has 0 aromatic heterocycles. The molecule has 0 radical (unpaired) electrons. The number of carbonyl (C=O) groups is 2. The summed E-state index contributed by atoms with van der Waals surface area (Å²) in [6.45, 7) is 4.93. The molecule has 0 aliphatic heterocycles. The summed E-state index contributed by atoms with van der Waals surface area (Å²) in [7, 11) is 0. The Morgan fingerprint density at radius 1 is 0.577 bits per heavy atom. The zero-order chi connectivity index (χ0) is 19.3. The van der Waals surface area contributed by atoms with Gasteiger partial charge in [-0.05, 0) is 12.8 Å². The number of hydrogen-bond donors (Lipinski definition) is 0. The smallest absolute Gasteiger partial charge is 0.313 e. The lowest BCUT2D eigenvalue weighted by atomic mass is 10.1. The van der Waals surface area contributed by atoms with Crippen LogP contribution in [0.1, 0.15) is 129 Å². The molecule has 3 heteroatoms. The third kappa shape index (κ3) is 19.5. The fourth-order valence-corrected chi connectivity index (χ4v) is 3.18. The second kappa shape index (κ2) is 20.5. The number of rotatable bonds is 20. The van der Waals surface area contributed by atoms with Crippen LogP contribution in [0.3, 0.4) is 0 Å². The molecular formula is C23H44O3. The van der Waals surface area contributed by atoms with Gasteiger partial charge in [0.2, 0.25) is 0 Å². The normalized spacial score (nSPS) is 10.8. The number of carbonyl (C=O) groups excluding carboxylic acids is 2. The largest absolute Gasteiger partial charge is 0.465 e. The second-order valence-electron chi connectivity index (χ2n) is 7.64. The van der Waals surface area contributed by atoms with Gasteiger partial charge in [-0.2, -0.15) is 0 Å². The summed E-state index contributed by atoms with van der Waals surface area (Å²) in [4.78, 5) is 23.4. The van der Waals surface area contributed by atoms with E-state index < -0.39 is 0 Å². The van der Waals surface area contributed by atoms with E-state index in [1.807, 2.05) is 0 Å². The molecule has 0 aromatic rings. The first kappa shape index (κ1) is 25.1. The van der Waals surface area contributed by atoms with Crippen molar-refractivity contribution in [2.45, 2.75) is 129 Å². The van der Waals surface area contributed by atoms with Gasteiger partial charge in [-0.1, -0.05) is 104 Å². The molecule has 0 saturated carbocycles. The number of esters is 1. The fourth-order valence-electron chi connectivity index (χ4n) is 3.18. The highest BCUT2D eigenvalue weighted by molar-refractivity contribution is 5.95. The maximum atomic E-state index is 11.8. The van der Waals surface area contributed by atoms with Crippen LogP contribution in [0.4, 0.5) is 0 Å². The fraction of sp³-hybridized carbons (Fsp3) is 0.913. The highest BCUT2D eigenvalue weighted by Crippen LogP contribution is 2.11. The highest BCUT2D eigenvalue weighted by Gasteiger charge is 2.10. The molecule has 0 atom stereocenters. The zero-order valence-electron chi connectivity index (χ0n) is 17.7. The van der Waals surface area contributed by atoms with Crippen molar-refractivity contribution in [2.75, 3.05) is 6.61 Å². The van der Waals surface area contributed by atoms with E-state index >= 15 is 0 Å². The van der Waals surface area contributed by atoms with Crippen LogP contribution in [0.25, 0.3) is 0 Å². The highest BCUT2D eigenvalue weighted by atomic mass is 16.5. The van der Waals surface area contributed by atoms with Crippen molar-refractivity contribution in [3.63, 3.8) is 0 Å². The van der Waals surface area contributed by atoms with Crippen molar-refractivity contribution in [1.29, 1.82) is 0 Å². The lowest BCUT2D eigenvalue weighted by Gasteiger charge is -2.05. The average Bonchev–Trinajstić information content (AvgIpc) is 2.62. The maximum absolute atomic E-state index is 11.8. The molecular weight excluding hydrogens is 324 g/mol. The molecule has 0 heterocycles. The van der Waals surface area contributed by atoms with Gasteiger partial charge in [-0.25, -0.2) is 0 Å². The molecule has 26 heavy (non-hydrogen) atoms. The molecule has 0 fully saturated rings. The second-order valence-corrected chi connectivity index (χ2v) is 7.64. The summed E-state index contributed by atoms with van der Waals surface area (Å²) in [6, 6.07) is 0. The maximum Gasteiger partial charge on any atom is 0.313 e. The van der Waals surface area contributed by atoms with Crippen LogP contribution < -0.4 is 0 Å². The van der Waals surface area contributed by atoms with Gasteiger partial charge in [0.1, 0.15) is 12.2 Å². The van der Waals surface area contributed by atoms with E-state index in [4.69, 9.17) is 4.74 Å². The van der Waals surface area contributed by atoms with E-state index in [1.165, 1.54) is 77.0 Å². The van der Waals surface area contributed by atoms with Crippen LogP contribution >= 0.6 is 0 Å². The van der Waals surface area contributed by atoms with Crippen LogP contribution in [-0.2, 0) is 14.3 Å². The Labute approximate surface area is 162 Å². The Bertz CT molecular complexity index is 325. The molecule has 0 amide bonds. The minimum absolute atomic E-state index is 0.0342. The molecule has 0 N–H and O–H groups in total. The van der Waals surface area contributed by atoms with Crippen molar-refractivity contribution >= 4 is 11.8 Å². The molecule has 3 nitrogen and oxygen atoms in total. The van der Waals surface area contributed by atoms with Crippen molar-refractivity contribution in [3.8, 4) is 0 Å². The first-order chi connectivity index (χ1) is 12.7. The molecule has 0 unspecified atom stereocenters. The van der Waals surface area contributed by atoms with Gasteiger partial charge in [-0.3, -0.25) is 9.59 Å². The quantitative estimate of drug-likeness (QED) is 0.130. The number of ether oxygens (including phenoxy) is 1. The Morgan fingerprint density at radius 2 is 1.00 bits per heavy atom. The minimum atomic E-state index is -0.336. The molecule has 0 aliphatic carbocycles. The first-order valence-corrected chi connectivity index (χ1v) is 11.4. The summed E-state index contributed by atoms with van der Waals surface area (Å²) >= 11 is 0. The van der Waals surface area contributed by atoms with Gasteiger partial charge in [-0.15, -0.1) is 0 Å². The number of hydrogen-bond acceptors (Lipinski definition) is 3. The Hall–Kier alpha value is -0.860. The number of ketones is 1. The molecule has 0 rings (SSSR count). The summed E-state index contributed by atoms with van der Waals surface area (Å²) in [5, 5.41) is 0. The molecule has 0 aromatic carbocycles. The Balaban J connectivity index is 3.34. The third-order valence-electron chi connectivity index (χ3n) is 4.91. The zero-order valence-corrected chi connectivity index (χ0v) is 17.7. The van der Waals surface area contributed by atoms with E-state index in [9.17, 15) is 9.59 Å². The third-order valence-corrected chi connectivity index (χ3v) is 4.91. The van der Waals surface area contributed by atoms with Crippen molar-refractivity contribution in [3.05, 3.63) is 0 Å². The predicted molar refractivity (Wildman–Crippen MR) is 110 cm³/mol. The van der Waals surface area contributed by atoms with Gasteiger partial charge in [0, 0.05) is 6.42 Å². The topological polar surface area (TPSA) is 43.4 Å². The molecule has 154 valence electrons. The Morgan fingerprint density at radius 3 is 1.50 bits per heavy atom. The van der Waals surface area contributed by atoms with E-state index in [-0.39, 0.29) is 18.2 Å². The van der Waals surface area contributed by atoms with Crippen LogP contribution in [0.15, 0.2) is 0 Å². The monoisotopic (exact) mass is 368 g/mol. The molecule has 0 saturated heterocycles. The number of Topliss-reactive ketones (excluding diaryl/α,β-unsaturated/α-hetero) is 1. The Kier molecular flexibility index (Phi) is 19.8. The van der Waals surface area contributed by atoms with Crippen molar-refractivity contribution in [1.82, 2.24) is 0 Å². The molecule has 0 spiro atoms. The van der Waals surface area contributed by atoms with E-state index in [0.717, 1.165) is 25.7 Å². The van der Waals surface area contributed by atoms with E-state index in [2.05, 4.69) is 13.8 Å². The summed E-state index contributed by atoms with van der Waals surface area (Å²) in [5.41, 5.74) is 0. The minimum Gasteiger partial charge on any atom is -0.465 e. The van der Waals surface area contributed by atoms with Gasteiger partial charge in [0.15, 0.2) is 0 Å². The van der Waals surface area contributed by atoms with Crippen LogP contribution in [-0.4, -0.2) is 18.4 Å². The van der Waals surface area contributed by atoms with Gasteiger partial charge >= 0.3 is 5.97 Å². The lowest BCUT2D eigenvalue weighted by molar-refractivity contribution is -0.146. The summed E-state index contributed by atoms with van der Waals surface area (Å²) < 4.78 is 5.18. The van der Waals surface area contributed by atoms with Crippen molar-refractivity contribution < 1.29 is 14.3 Å². The van der Waals surface area contributed by atoms with Crippen LogP contribution in [0, 0.1) is 0 Å². The average molecular weight is 369 g/mol. The van der Waals surface area contributed by atoms with E-state index in [0.29, 0.717) is 13.0 Å². The lowest BCUT2D eigenvalue weighted by Crippen LogP contribution is -2.12.